The third kappa shape index (κ3) is 2.94. The van der Waals surface area contributed by atoms with E-state index in [1.807, 2.05) is 25.4 Å². The third-order valence-corrected chi connectivity index (χ3v) is 7.17. The summed E-state index contributed by atoms with van der Waals surface area (Å²) in [7, 11) is 2.01. The summed E-state index contributed by atoms with van der Waals surface area (Å²) >= 11 is 1.56. The molecule has 2 aliphatic heterocycles. The highest BCUT2D eigenvalue weighted by molar-refractivity contribution is 7.13. The molecular formula is C22H25N7OS. The number of pyridine rings is 1. The number of amides is 1. The van der Waals surface area contributed by atoms with E-state index in [9.17, 15) is 4.79 Å². The first-order valence-corrected chi connectivity index (χ1v) is 11.8. The normalized spacial score (nSPS) is 16.4. The van der Waals surface area contributed by atoms with Gasteiger partial charge in [0.25, 0.3) is 5.91 Å². The highest BCUT2D eigenvalue weighted by Crippen LogP contribution is 2.41. The van der Waals surface area contributed by atoms with Crippen LogP contribution in [0.3, 0.4) is 0 Å². The van der Waals surface area contributed by atoms with Gasteiger partial charge < -0.3 is 19.4 Å². The molecule has 1 N–H and O–H groups in total. The first kappa shape index (κ1) is 18.8. The average Bonchev–Trinajstić information content (AvgIpc) is 3.64. The molecule has 4 heterocycles. The van der Waals surface area contributed by atoms with Gasteiger partial charge >= 0.3 is 0 Å². The van der Waals surface area contributed by atoms with Crippen molar-refractivity contribution < 1.29 is 4.79 Å². The van der Waals surface area contributed by atoms with Gasteiger partial charge in [0.1, 0.15) is 34.9 Å². The van der Waals surface area contributed by atoms with Gasteiger partial charge in [0, 0.05) is 36.4 Å². The molecule has 6 rings (SSSR count). The van der Waals surface area contributed by atoms with Crippen LogP contribution in [0, 0.1) is 6.92 Å². The number of rotatable bonds is 6. The number of nitrogens with zero attached hydrogens (tertiary/aromatic N) is 6. The minimum absolute atomic E-state index is 0.153. The van der Waals surface area contributed by atoms with Crippen LogP contribution in [0.25, 0.3) is 22.4 Å². The molecule has 2 fully saturated rings. The van der Waals surface area contributed by atoms with E-state index in [1.165, 1.54) is 0 Å². The second kappa shape index (κ2) is 6.78. The number of carbonyl (C=O) groups excluding carboxylic acids is 1. The Balaban J connectivity index is 1.53. The molecule has 2 aliphatic carbocycles. The Labute approximate surface area is 184 Å². The number of fused-ring (bicyclic) bond motifs is 3. The maximum absolute atomic E-state index is 13.7. The highest BCUT2D eigenvalue weighted by Gasteiger charge is 2.43. The Morgan fingerprint density at radius 1 is 1.23 bits per heavy atom. The van der Waals surface area contributed by atoms with E-state index >= 15 is 0 Å². The summed E-state index contributed by atoms with van der Waals surface area (Å²) in [6.45, 7) is 4.78. The lowest BCUT2D eigenvalue weighted by atomic mass is 10.2. The molecule has 2 aromatic heterocycles. The second-order valence-electron chi connectivity index (χ2n) is 8.58. The molecule has 0 spiro atoms. The summed E-state index contributed by atoms with van der Waals surface area (Å²) < 4.78 is 4.21. The third-order valence-electron chi connectivity index (χ3n) is 6.29. The van der Waals surface area contributed by atoms with Crippen LogP contribution in [-0.4, -0.2) is 47.0 Å². The molecule has 0 atom stereocenters. The lowest BCUT2D eigenvalue weighted by Crippen LogP contribution is -2.36. The molecule has 160 valence electrons. The molecule has 2 saturated carbocycles. The van der Waals surface area contributed by atoms with Crippen molar-refractivity contribution in [3.8, 4) is 11.4 Å². The van der Waals surface area contributed by atoms with E-state index in [-0.39, 0.29) is 5.91 Å². The van der Waals surface area contributed by atoms with Crippen LogP contribution in [-0.2, 0) is 13.6 Å². The van der Waals surface area contributed by atoms with E-state index in [0.717, 1.165) is 70.4 Å². The molecule has 0 bridgehead atoms. The van der Waals surface area contributed by atoms with Crippen LogP contribution < -0.4 is 5.32 Å². The van der Waals surface area contributed by atoms with Crippen molar-refractivity contribution in [1.82, 2.24) is 29.0 Å². The number of thiazole rings is 1. The molecule has 2 aromatic rings. The summed E-state index contributed by atoms with van der Waals surface area (Å²) in [6, 6.07) is 2.86. The predicted octanol–water partition coefficient (Wildman–Crippen LogP) is 4.17. The Morgan fingerprint density at radius 2 is 1.94 bits per heavy atom. The zero-order chi connectivity index (χ0) is 21.3. The fraction of sp³-hybridized carbons (Fsp3) is 0.455. The van der Waals surface area contributed by atoms with Gasteiger partial charge in [-0.25, -0.2) is 15.0 Å². The summed E-state index contributed by atoms with van der Waals surface area (Å²) in [5, 5.41) is 7.24. The molecule has 1 amide bonds. The van der Waals surface area contributed by atoms with Gasteiger partial charge in [-0.1, -0.05) is 0 Å². The molecule has 9 heteroatoms. The zero-order valence-corrected chi connectivity index (χ0v) is 18.7. The molecule has 31 heavy (non-hydrogen) atoms. The van der Waals surface area contributed by atoms with Gasteiger partial charge in [0.15, 0.2) is 5.13 Å². The Hall–Kier alpha value is -2.94. The second-order valence-corrected chi connectivity index (χ2v) is 9.44. The van der Waals surface area contributed by atoms with Crippen molar-refractivity contribution in [3.63, 3.8) is 0 Å². The van der Waals surface area contributed by atoms with Crippen molar-refractivity contribution in [3.05, 3.63) is 29.2 Å². The van der Waals surface area contributed by atoms with Crippen LogP contribution in [0.15, 0.2) is 17.8 Å². The fourth-order valence-corrected chi connectivity index (χ4v) is 5.28. The van der Waals surface area contributed by atoms with Gasteiger partial charge in [-0.05, 0) is 45.6 Å². The maximum atomic E-state index is 13.7. The molecular weight excluding hydrogens is 410 g/mol. The first-order chi connectivity index (χ1) is 15.1. The number of imidazole rings is 1. The molecule has 0 unspecified atom stereocenters. The smallest absolute Gasteiger partial charge is 0.271 e. The molecule has 4 aliphatic rings. The van der Waals surface area contributed by atoms with Gasteiger partial charge in [-0.15, -0.1) is 11.3 Å². The topological polar surface area (TPSA) is 80.9 Å². The summed E-state index contributed by atoms with van der Waals surface area (Å²) in [5.41, 5.74) is 4.30. The monoisotopic (exact) mass is 435 g/mol. The van der Waals surface area contributed by atoms with Crippen LogP contribution in [0.4, 0.5) is 10.9 Å². The molecule has 8 nitrogen and oxygen atoms in total. The summed E-state index contributed by atoms with van der Waals surface area (Å²) in [4.78, 5) is 29.4. The van der Waals surface area contributed by atoms with Crippen molar-refractivity contribution in [2.24, 2.45) is 7.05 Å². The van der Waals surface area contributed by atoms with E-state index in [1.54, 1.807) is 17.7 Å². The number of carbonyl (C=O) groups is 1. The van der Waals surface area contributed by atoms with E-state index in [0.29, 0.717) is 18.6 Å². The number of aromatic nitrogens is 5. The standard InChI is InChI=1S/C22H25N7OS/c1-4-28-16(21(30)29(13-5-6-13)14-7-8-14)9-15-17-18(24-11-23-17)19(27(3)20(15)28)26-22-25-12(2)10-31-22/h9-11,13-14H,4-8H2,1-3H3,(H,25,26). The first-order valence-electron chi connectivity index (χ1n) is 10.9. The number of anilines is 2. The SMILES string of the molecule is CCn1c(C(=O)N(C2CC2)C2CC2)cc2c3ncnc-3c(Nc3nc(C)cs3)n(C)c21. The molecule has 0 radical (unpaired) electrons. The molecule has 0 aromatic carbocycles. The zero-order valence-electron chi connectivity index (χ0n) is 17.9. The number of hydrogen-bond acceptors (Lipinski definition) is 6. The van der Waals surface area contributed by atoms with Gasteiger partial charge in [0.05, 0.1) is 5.69 Å². The Morgan fingerprint density at radius 3 is 2.55 bits per heavy atom. The van der Waals surface area contributed by atoms with Crippen molar-refractivity contribution >= 4 is 39.2 Å². The Kier molecular flexibility index (Phi) is 4.11. The highest BCUT2D eigenvalue weighted by atomic mass is 32.1. The van der Waals surface area contributed by atoms with Crippen LogP contribution >= 0.6 is 11.3 Å². The van der Waals surface area contributed by atoms with Crippen LogP contribution in [0.2, 0.25) is 0 Å². The largest absolute Gasteiger partial charge is 0.331 e. The van der Waals surface area contributed by atoms with Gasteiger partial charge in [-0.3, -0.25) is 4.79 Å². The minimum Gasteiger partial charge on any atom is -0.331 e. The van der Waals surface area contributed by atoms with Crippen molar-refractivity contribution in [2.75, 3.05) is 5.32 Å². The van der Waals surface area contributed by atoms with Crippen molar-refractivity contribution in [2.45, 2.75) is 58.2 Å². The van der Waals surface area contributed by atoms with Crippen LogP contribution in [0.1, 0.15) is 48.8 Å². The number of hydrogen-bond donors (Lipinski definition) is 1. The van der Waals surface area contributed by atoms with Gasteiger partial charge in [-0.2, -0.15) is 0 Å². The minimum atomic E-state index is 0.153. The van der Waals surface area contributed by atoms with Crippen molar-refractivity contribution in [1.29, 1.82) is 0 Å². The number of aryl methyl sites for hydroxylation is 3. The Bertz CT molecular complexity index is 1260. The van der Waals surface area contributed by atoms with E-state index in [4.69, 9.17) is 0 Å². The van der Waals surface area contributed by atoms with E-state index < -0.39 is 0 Å². The lowest BCUT2D eigenvalue weighted by Gasteiger charge is -2.23. The van der Waals surface area contributed by atoms with E-state index in [2.05, 4.69) is 41.2 Å². The summed E-state index contributed by atoms with van der Waals surface area (Å²) in [5.74, 6) is 0.989. The lowest BCUT2D eigenvalue weighted by molar-refractivity contribution is 0.0719. The number of nitrogens with one attached hydrogen (secondary N) is 1. The molecule has 0 saturated heterocycles. The summed E-state index contributed by atoms with van der Waals surface area (Å²) in [6.07, 6.45) is 6.10. The predicted molar refractivity (Wildman–Crippen MR) is 121 cm³/mol. The fourth-order valence-electron chi connectivity index (χ4n) is 4.60. The van der Waals surface area contributed by atoms with Crippen LogP contribution in [0.5, 0.6) is 0 Å². The average molecular weight is 436 g/mol. The quantitative estimate of drug-likeness (QED) is 0.492. The maximum Gasteiger partial charge on any atom is 0.271 e. The van der Waals surface area contributed by atoms with Gasteiger partial charge in [0.2, 0.25) is 0 Å².